The second-order valence-electron chi connectivity index (χ2n) is 6.68. The first-order valence-corrected chi connectivity index (χ1v) is 9.88. The van der Waals surface area contributed by atoms with E-state index in [9.17, 15) is 4.79 Å². The minimum absolute atomic E-state index is 0.0431. The summed E-state index contributed by atoms with van der Waals surface area (Å²) in [4.78, 5) is 23.5. The van der Waals surface area contributed by atoms with Crippen molar-refractivity contribution in [2.45, 2.75) is 19.3 Å². The molecule has 3 heterocycles. The van der Waals surface area contributed by atoms with Crippen LogP contribution in [-0.4, -0.2) is 33.9 Å². The Hall–Kier alpha value is -2.53. The van der Waals surface area contributed by atoms with Crippen LogP contribution >= 0.6 is 11.3 Å². The first kappa shape index (κ1) is 16.9. The molecule has 0 bridgehead atoms. The molecule has 1 aliphatic heterocycles. The molecule has 4 rings (SSSR count). The zero-order valence-electron chi connectivity index (χ0n) is 14.5. The van der Waals surface area contributed by atoms with Gasteiger partial charge in [-0.3, -0.25) is 9.78 Å². The van der Waals surface area contributed by atoms with Crippen molar-refractivity contribution in [2.75, 3.05) is 13.1 Å². The standard InChI is InChI=1S/C21H21N3OS/c25-21(19-15-26-20(23-19)18-8-4-5-11-22-18)24-12-9-17(10-13-24)14-16-6-2-1-3-7-16/h1-8,11,15,17H,9-10,12-14H2. The van der Waals surface area contributed by atoms with Gasteiger partial charge in [0, 0.05) is 24.7 Å². The number of carbonyl (C=O) groups excluding carboxylic acids is 1. The van der Waals surface area contributed by atoms with Crippen LogP contribution in [0.1, 0.15) is 28.9 Å². The number of hydrogen-bond donors (Lipinski definition) is 0. The highest BCUT2D eigenvalue weighted by molar-refractivity contribution is 7.13. The molecule has 5 heteroatoms. The largest absolute Gasteiger partial charge is 0.337 e. The molecular formula is C21H21N3OS. The second-order valence-corrected chi connectivity index (χ2v) is 7.54. The molecule has 0 N–H and O–H groups in total. The van der Waals surface area contributed by atoms with Gasteiger partial charge in [-0.2, -0.15) is 0 Å². The molecule has 1 fully saturated rings. The number of likely N-dealkylation sites (tertiary alicyclic amines) is 1. The van der Waals surface area contributed by atoms with Crippen LogP contribution in [0.4, 0.5) is 0 Å². The van der Waals surface area contributed by atoms with Crippen LogP contribution in [0.25, 0.3) is 10.7 Å². The van der Waals surface area contributed by atoms with Crippen LogP contribution in [-0.2, 0) is 6.42 Å². The molecule has 2 aromatic heterocycles. The molecule has 0 unspecified atom stereocenters. The molecule has 26 heavy (non-hydrogen) atoms. The van der Waals surface area contributed by atoms with E-state index in [1.165, 1.54) is 16.9 Å². The summed E-state index contributed by atoms with van der Waals surface area (Å²) in [5.74, 6) is 0.697. The van der Waals surface area contributed by atoms with Gasteiger partial charge in [0.2, 0.25) is 0 Å². The smallest absolute Gasteiger partial charge is 0.273 e. The maximum absolute atomic E-state index is 12.8. The first-order valence-electron chi connectivity index (χ1n) is 9.00. The predicted molar refractivity (Wildman–Crippen MR) is 104 cm³/mol. The number of benzene rings is 1. The summed E-state index contributed by atoms with van der Waals surface area (Å²) in [6.07, 6.45) is 4.95. The normalized spacial score (nSPS) is 15.2. The zero-order valence-corrected chi connectivity index (χ0v) is 15.4. The Bertz CT molecular complexity index is 855. The highest BCUT2D eigenvalue weighted by atomic mass is 32.1. The molecule has 132 valence electrons. The molecule has 0 atom stereocenters. The van der Waals surface area contributed by atoms with E-state index in [1.807, 2.05) is 28.5 Å². The number of aromatic nitrogens is 2. The van der Waals surface area contributed by atoms with Crippen LogP contribution in [0, 0.1) is 5.92 Å². The molecule has 3 aromatic rings. The summed E-state index contributed by atoms with van der Waals surface area (Å²) in [6, 6.07) is 16.3. The minimum Gasteiger partial charge on any atom is -0.337 e. The summed E-state index contributed by atoms with van der Waals surface area (Å²) in [7, 11) is 0. The molecule has 0 aliphatic carbocycles. The van der Waals surface area contributed by atoms with E-state index < -0.39 is 0 Å². The quantitative estimate of drug-likeness (QED) is 0.694. The topological polar surface area (TPSA) is 46.1 Å². The molecular weight excluding hydrogens is 342 g/mol. The van der Waals surface area contributed by atoms with Crippen LogP contribution in [0.3, 0.4) is 0 Å². The van der Waals surface area contributed by atoms with Gasteiger partial charge in [0.15, 0.2) is 0 Å². The molecule has 4 nitrogen and oxygen atoms in total. The monoisotopic (exact) mass is 363 g/mol. The van der Waals surface area contributed by atoms with Gasteiger partial charge in [0.05, 0.1) is 5.69 Å². The van der Waals surface area contributed by atoms with Crippen molar-refractivity contribution in [3.8, 4) is 10.7 Å². The number of thiazole rings is 1. The Morgan fingerprint density at radius 3 is 2.58 bits per heavy atom. The Morgan fingerprint density at radius 2 is 1.85 bits per heavy atom. The number of carbonyl (C=O) groups is 1. The van der Waals surface area contributed by atoms with Gasteiger partial charge in [0.1, 0.15) is 10.7 Å². The fourth-order valence-electron chi connectivity index (χ4n) is 3.43. The summed E-state index contributed by atoms with van der Waals surface area (Å²) >= 11 is 1.48. The summed E-state index contributed by atoms with van der Waals surface area (Å²) < 4.78 is 0. The van der Waals surface area contributed by atoms with E-state index in [0.717, 1.165) is 43.1 Å². The van der Waals surface area contributed by atoms with Crippen LogP contribution in [0.5, 0.6) is 0 Å². The van der Waals surface area contributed by atoms with Gasteiger partial charge in [-0.25, -0.2) is 4.98 Å². The van der Waals surface area contributed by atoms with E-state index in [1.54, 1.807) is 6.20 Å². The van der Waals surface area contributed by atoms with Gasteiger partial charge in [-0.05, 0) is 42.9 Å². The lowest BCUT2D eigenvalue weighted by molar-refractivity contribution is 0.0685. The van der Waals surface area contributed by atoms with Gasteiger partial charge in [-0.15, -0.1) is 11.3 Å². The third kappa shape index (κ3) is 3.83. The van der Waals surface area contributed by atoms with Crippen molar-refractivity contribution in [1.29, 1.82) is 0 Å². The third-order valence-electron chi connectivity index (χ3n) is 4.88. The summed E-state index contributed by atoms with van der Waals surface area (Å²) in [5.41, 5.74) is 2.74. The molecule has 1 aliphatic rings. The zero-order chi connectivity index (χ0) is 17.8. The lowest BCUT2D eigenvalue weighted by Gasteiger charge is -2.31. The third-order valence-corrected chi connectivity index (χ3v) is 5.74. The molecule has 0 saturated carbocycles. The fraction of sp³-hybridized carbons (Fsp3) is 0.286. The lowest BCUT2D eigenvalue weighted by Crippen LogP contribution is -2.39. The van der Waals surface area contributed by atoms with E-state index >= 15 is 0 Å². The Labute approximate surface area is 157 Å². The average molecular weight is 363 g/mol. The van der Waals surface area contributed by atoms with Crippen molar-refractivity contribution >= 4 is 17.2 Å². The SMILES string of the molecule is O=C(c1csc(-c2ccccn2)n1)N1CCC(Cc2ccccc2)CC1. The Balaban J connectivity index is 1.36. The Kier molecular flexibility index (Phi) is 5.07. The minimum atomic E-state index is 0.0431. The number of rotatable bonds is 4. The number of amides is 1. The van der Waals surface area contributed by atoms with Crippen molar-refractivity contribution in [3.05, 3.63) is 71.4 Å². The number of hydrogen-bond acceptors (Lipinski definition) is 4. The average Bonchev–Trinajstić information content (AvgIpc) is 3.20. The maximum Gasteiger partial charge on any atom is 0.273 e. The van der Waals surface area contributed by atoms with Gasteiger partial charge in [-0.1, -0.05) is 36.4 Å². The lowest BCUT2D eigenvalue weighted by atomic mass is 9.90. The number of piperidine rings is 1. The van der Waals surface area contributed by atoms with E-state index in [2.05, 4.69) is 40.3 Å². The predicted octanol–water partition coefficient (Wildman–Crippen LogP) is 4.30. The molecule has 0 radical (unpaired) electrons. The van der Waals surface area contributed by atoms with Gasteiger partial charge in [0.25, 0.3) is 5.91 Å². The molecule has 0 spiro atoms. The Morgan fingerprint density at radius 1 is 1.08 bits per heavy atom. The van der Waals surface area contributed by atoms with E-state index in [0.29, 0.717) is 11.6 Å². The highest BCUT2D eigenvalue weighted by Crippen LogP contribution is 2.25. The van der Waals surface area contributed by atoms with Crippen molar-refractivity contribution < 1.29 is 4.79 Å². The first-order chi connectivity index (χ1) is 12.8. The van der Waals surface area contributed by atoms with Gasteiger partial charge >= 0.3 is 0 Å². The van der Waals surface area contributed by atoms with Crippen LogP contribution in [0.15, 0.2) is 60.1 Å². The van der Waals surface area contributed by atoms with Crippen molar-refractivity contribution in [3.63, 3.8) is 0 Å². The highest BCUT2D eigenvalue weighted by Gasteiger charge is 2.25. The fourth-order valence-corrected chi connectivity index (χ4v) is 4.20. The van der Waals surface area contributed by atoms with Crippen molar-refractivity contribution in [2.24, 2.45) is 5.92 Å². The van der Waals surface area contributed by atoms with Crippen LogP contribution in [0.2, 0.25) is 0 Å². The summed E-state index contributed by atoms with van der Waals surface area (Å²) in [5, 5.41) is 2.65. The molecule has 1 saturated heterocycles. The second kappa shape index (κ2) is 7.79. The number of nitrogens with zero attached hydrogens (tertiary/aromatic N) is 3. The molecule has 1 aromatic carbocycles. The summed E-state index contributed by atoms with van der Waals surface area (Å²) in [6.45, 7) is 1.62. The van der Waals surface area contributed by atoms with Crippen LogP contribution < -0.4 is 0 Å². The maximum atomic E-state index is 12.8. The van der Waals surface area contributed by atoms with Crippen molar-refractivity contribution in [1.82, 2.24) is 14.9 Å². The number of pyridine rings is 1. The van der Waals surface area contributed by atoms with E-state index in [-0.39, 0.29) is 5.91 Å². The van der Waals surface area contributed by atoms with Gasteiger partial charge < -0.3 is 4.90 Å². The molecule has 1 amide bonds. The van der Waals surface area contributed by atoms with E-state index in [4.69, 9.17) is 0 Å².